The summed E-state index contributed by atoms with van der Waals surface area (Å²) in [7, 11) is 0. The molecule has 1 N–H and O–H groups in total. The van der Waals surface area contributed by atoms with Crippen LogP contribution in [0.5, 0.6) is 0 Å². The lowest BCUT2D eigenvalue weighted by Crippen LogP contribution is -2.30. The van der Waals surface area contributed by atoms with E-state index in [2.05, 4.69) is 59.4 Å². The van der Waals surface area contributed by atoms with Crippen LogP contribution in [0.15, 0.2) is 28.7 Å². The van der Waals surface area contributed by atoms with E-state index >= 15 is 0 Å². The zero-order valence-corrected chi connectivity index (χ0v) is 14.5. The SMILES string of the molecule is CC(C)CNCC(c1cccc(Br)c1)C1CCCCC1. The van der Waals surface area contributed by atoms with Gasteiger partial charge in [0.1, 0.15) is 0 Å². The highest BCUT2D eigenvalue weighted by molar-refractivity contribution is 9.10. The number of hydrogen-bond donors (Lipinski definition) is 1. The van der Waals surface area contributed by atoms with Crippen LogP contribution < -0.4 is 5.32 Å². The maximum absolute atomic E-state index is 3.68. The number of hydrogen-bond acceptors (Lipinski definition) is 1. The molecule has 1 aromatic rings. The van der Waals surface area contributed by atoms with Crippen molar-refractivity contribution < 1.29 is 0 Å². The van der Waals surface area contributed by atoms with Crippen molar-refractivity contribution in [2.75, 3.05) is 13.1 Å². The molecule has 1 fully saturated rings. The number of halogens is 1. The van der Waals surface area contributed by atoms with Crippen molar-refractivity contribution in [3.8, 4) is 0 Å². The van der Waals surface area contributed by atoms with Crippen LogP contribution in [-0.2, 0) is 0 Å². The van der Waals surface area contributed by atoms with Crippen LogP contribution in [0.25, 0.3) is 0 Å². The second kappa shape index (κ2) is 8.19. The van der Waals surface area contributed by atoms with E-state index in [0.717, 1.165) is 24.9 Å². The summed E-state index contributed by atoms with van der Waals surface area (Å²) in [5.74, 6) is 2.26. The first-order chi connectivity index (χ1) is 9.66. The molecule has 1 atom stereocenters. The molecule has 2 heteroatoms. The Kier molecular flexibility index (Phi) is 6.57. The lowest BCUT2D eigenvalue weighted by atomic mass is 9.76. The van der Waals surface area contributed by atoms with Gasteiger partial charge in [-0.15, -0.1) is 0 Å². The molecule has 1 nitrogen and oxygen atoms in total. The Balaban J connectivity index is 2.06. The van der Waals surface area contributed by atoms with Crippen LogP contribution >= 0.6 is 15.9 Å². The van der Waals surface area contributed by atoms with E-state index < -0.39 is 0 Å². The Labute approximate surface area is 132 Å². The molecule has 0 amide bonds. The molecule has 0 heterocycles. The van der Waals surface area contributed by atoms with Crippen molar-refractivity contribution in [3.63, 3.8) is 0 Å². The summed E-state index contributed by atoms with van der Waals surface area (Å²) in [4.78, 5) is 0. The van der Waals surface area contributed by atoms with Crippen molar-refractivity contribution >= 4 is 15.9 Å². The molecule has 1 aromatic carbocycles. The first kappa shape index (κ1) is 16.0. The Morgan fingerprint density at radius 2 is 1.90 bits per heavy atom. The Morgan fingerprint density at radius 3 is 2.55 bits per heavy atom. The topological polar surface area (TPSA) is 12.0 Å². The number of rotatable bonds is 6. The maximum Gasteiger partial charge on any atom is 0.0178 e. The van der Waals surface area contributed by atoms with E-state index in [1.165, 1.54) is 42.1 Å². The Morgan fingerprint density at radius 1 is 1.15 bits per heavy atom. The maximum atomic E-state index is 3.68. The van der Waals surface area contributed by atoms with Gasteiger partial charge in [-0.25, -0.2) is 0 Å². The lowest BCUT2D eigenvalue weighted by molar-refractivity contribution is 0.294. The van der Waals surface area contributed by atoms with Gasteiger partial charge < -0.3 is 5.32 Å². The summed E-state index contributed by atoms with van der Waals surface area (Å²) >= 11 is 3.63. The van der Waals surface area contributed by atoms with Crippen LogP contribution in [0.4, 0.5) is 0 Å². The first-order valence-corrected chi connectivity index (χ1v) is 8.92. The van der Waals surface area contributed by atoms with E-state index in [1.54, 1.807) is 0 Å². The average Bonchev–Trinajstić information content (AvgIpc) is 2.44. The second-order valence-corrected chi connectivity index (χ2v) is 7.53. The highest BCUT2D eigenvalue weighted by Gasteiger charge is 2.24. The zero-order chi connectivity index (χ0) is 14.4. The predicted octanol–water partition coefficient (Wildman–Crippen LogP) is 5.36. The van der Waals surface area contributed by atoms with Gasteiger partial charge in [0.05, 0.1) is 0 Å². The quantitative estimate of drug-likeness (QED) is 0.736. The van der Waals surface area contributed by atoms with Crippen LogP contribution in [0.2, 0.25) is 0 Å². The standard InChI is InChI=1S/C18H28BrN/c1-14(2)12-20-13-18(15-7-4-3-5-8-15)16-9-6-10-17(19)11-16/h6,9-11,14-15,18,20H,3-5,7-8,12-13H2,1-2H3. The van der Waals surface area contributed by atoms with Crippen molar-refractivity contribution in [1.82, 2.24) is 5.32 Å². The van der Waals surface area contributed by atoms with Gasteiger partial charge in [0.2, 0.25) is 0 Å². The summed E-state index contributed by atoms with van der Waals surface area (Å²) in [5.41, 5.74) is 1.50. The Bertz CT molecular complexity index is 396. The fourth-order valence-electron chi connectivity index (χ4n) is 3.36. The van der Waals surface area contributed by atoms with Gasteiger partial charge in [0.15, 0.2) is 0 Å². The molecule has 20 heavy (non-hydrogen) atoms. The summed E-state index contributed by atoms with van der Waals surface area (Å²) in [6, 6.07) is 8.93. The van der Waals surface area contributed by atoms with Gasteiger partial charge >= 0.3 is 0 Å². The molecule has 0 spiro atoms. The minimum absolute atomic E-state index is 0.673. The van der Waals surface area contributed by atoms with Crippen molar-refractivity contribution in [3.05, 3.63) is 34.3 Å². The highest BCUT2D eigenvalue weighted by Crippen LogP contribution is 2.36. The van der Waals surface area contributed by atoms with Crippen molar-refractivity contribution in [2.24, 2.45) is 11.8 Å². The highest BCUT2D eigenvalue weighted by atomic mass is 79.9. The van der Waals surface area contributed by atoms with E-state index in [-0.39, 0.29) is 0 Å². The monoisotopic (exact) mass is 337 g/mol. The predicted molar refractivity (Wildman–Crippen MR) is 91.2 cm³/mol. The van der Waals surface area contributed by atoms with Gasteiger partial charge in [0, 0.05) is 11.0 Å². The van der Waals surface area contributed by atoms with Gasteiger partial charge in [-0.3, -0.25) is 0 Å². The zero-order valence-electron chi connectivity index (χ0n) is 12.9. The van der Waals surface area contributed by atoms with E-state index in [9.17, 15) is 0 Å². The second-order valence-electron chi connectivity index (χ2n) is 6.61. The van der Waals surface area contributed by atoms with Crippen LogP contribution in [0.3, 0.4) is 0 Å². The van der Waals surface area contributed by atoms with Crippen LogP contribution in [0.1, 0.15) is 57.4 Å². The molecular formula is C18H28BrN. The summed E-state index contributed by atoms with van der Waals surface area (Å²) < 4.78 is 1.21. The molecular weight excluding hydrogens is 310 g/mol. The van der Waals surface area contributed by atoms with E-state index in [1.807, 2.05) is 0 Å². The molecule has 1 aliphatic rings. The van der Waals surface area contributed by atoms with E-state index in [4.69, 9.17) is 0 Å². The fourth-order valence-corrected chi connectivity index (χ4v) is 3.77. The third kappa shape index (κ3) is 4.89. The minimum Gasteiger partial charge on any atom is -0.316 e. The molecule has 0 saturated heterocycles. The number of nitrogens with one attached hydrogen (secondary N) is 1. The van der Waals surface area contributed by atoms with Crippen LogP contribution in [-0.4, -0.2) is 13.1 Å². The normalized spacial score (nSPS) is 18.4. The molecule has 1 unspecified atom stereocenters. The van der Waals surface area contributed by atoms with Crippen molar-refractivity contribution in [1.29, 1.82) is 0 Å². The summed E-state index contributed by atoms with van der Waals surface area (Å²) in [6.07, 6.45) is 7.07. The van der Waals surface area contributed by atoms with Crippen molar-refractivity contribution in [2.45, 2.75) is 51.9 Å². The summed E-state index contributed by atoms with van der Waals surface area (Å²) in [5, 5.41) is 3.68. The van der Waals surface area contributed by atoms with Gasteiger partial charge in [0.25, 0.3) is 0 Å². The summed E-state index contributed by atoms with van der Waals surface area (Å²) in [6.45, 7) is 6.81. The molecule has 2 rings (SSSR count). The van der Waals surface area contributed by atoms with Gasteiger partial charge in [-0.1, -0.05) is 61.2 Å². The molecule has 1 aliphatic carbocycles. The van der Waals surface area contributed by atoms with Crippen LogP contribution in [0, 0.1) is 11.8 Å². The lowest BCUT2D eigenvalue weighted by Gasteiger charge is -2.31. The third-order valence-corrected chi connectivity index (χ3v) is 4.91. The Hall–Kier alpha value is -0.340. The largest absolute Gasteiger partial charge is 0.316 e. The smallest absolute Gasteiger partial charge is 0.0178 e. The third-order valence-electron chi connectivity index (χ3n) is 4.41. The van der Waals surface area contributed by atoms with E-state index in [0.29, 0.717) is 5.92 Å². The molecule has 1 saturated carbocycles. The average molecular weight is 338 g/mol. The minimum atomic E-state index is 0.673. The first-order valence-electron chi connectivity index (χ1n) is 8.13. The molecule has 0 bridgehead atoms. The number of benzene rings is 1. The van der Waals surface area contributed by atoms with Gasteiger partial charge in [-0.05, 0) is 54.8 Å². The van der Waals surface area contributed by atoms with Gasteiger partial charge in [-0.2, -0.15) is 0 Å². The molecule has 112 valence electrons. The fraction of sp³-hybridized carbons (Fsp3) is 0.667. The molecule has 0 aromatic heterocycles. The molecule has 0 aliphatic heterocycles. The molecule has 0 radical (unpaired) electrons.